The van der Waals surface area contributed by atoms with E-state index < -0.39 is 0 Å². The minimum absolute atomic E-state index is 0.00157. The first-order valence-electron chi connectivity index (χ1n) is 7.19. The molecule has 2 heterocycles. The first-order valence-corrected chi connectivity index (χ1v) is 8.24. The molecule has 4 nitrogen and oxygen atoms in total. The Morgan fingerprint density at radius 2 is 2.30 bits per heavy atom. The molecular weight excluding hydrogens is 270 g/mol. The van der Waals surface area contributed by atoms with Gasteiger partial charge in [-0.15, -0.1) is 0 Å². The molecule has 2 rings (SSSR count). The van der Waals surface area contributed by atoms with Gasteiger partial charge in [-0.25, -0.2) is 4.98 Å². The van der Waals surface area contributed by atoms with Crippen LogP contribution in [0.2, 0.25) is 0 Å². The van der Waals surface area contributed by atoms with E-state index in [1.165, 1.54) is 18.6 Å². The van der Waals surface area contributed by atoms with Gasteiger partial charge in [-0.05, 0) is 36.6 Å². The summed E-state index contributed by atoms with van der Waals surface area (Å²) < 4.78 is 0. The number of rotatable bonds is 5. The van der Waals surface area contributed by atoms with Crippen molar-refractivity contribution in [3.63, 3.8) is 0 Å². The van der Waals surface area contributed by atoms with Gasteiger partial charge < -0.3 is 10.6 Å². The Hall–Kier alpha value is -1.23. The van der Waals surface area contributed by atoms with Crippen LogP contribution in [0.1, 0.15) is 48.7 Å². The van der Waals surface area contributed by atoms with Gasteiger partial charge in [-0.3, -0.25) is 4.79 Å². The number of carbonyl (C=O) groups excluding carboxylic acids is 1. The van der Waals surface area contributed by atoms with Crippen molar-refractivity contribution in [2.75, 3.05) is 24.7 Å². The van der Waals surface area contributed by atoms with Gasteiger partial charge in [-0.1, -0.05) is 13.8 Å². The zero-order chi connectivity index (χ0) is 14.5. The van der Waals surface area contributed by atoms with Crippen molar-refractivity contribution >= 4 is 23.5 Å². The van der Waals surface area contributed by atoms with E-state index in [-0.39, 0.29) is 5.91 Å². The van der Waals surface area contributed by atoms with Crippen molar-refractivity contribution in [1.82, 2.24) is 10.3 Å². The average Bonchev–Trinajstić information content (AvgIpc) is 2.97. The van der Waals surface area contributed by atoms with Crippen LogP contribution in [0.4, 0.5) is 5.82 Å². The maximum absolute atomic E-state index is 12.3. The number of hydrogen-bond acceptors (Lipinski definition) is 4. The van der Waals surface area contributed by atoms with Crippen molar-refractivity contribution in [2.45, 2.75) is 37.9 Å². The number of pyridine rings is 1. The van der Waals surface area contributed by atoms with Gasteiger partial charge in [0.15, 0.2) is 0 Å². The monoisotopic (exact) mass is 293 g/mol. The lowest BCUT2D eigenvalue weighted by molar-refractivity contribution is 0.0953. The summed E-state index contributed by atoms with van der Waals surface area (Å²) in [4.78, 5) is 16.7. The number of aromatic nitrogens is 1. The number of anilines is 1. The number of thioether (sulfide) groups is 1. The molecule has 1 fully saturated rings. The quantitative estimate of drug-likeness (QED) is 0.876. The third kappa shape index (κ3) is 3.88. The van der Waals surface area contributed by atoms with Crippen LogP contribution in [0.25, 0.3) is 0 Å². The highest BCUT2D eigenvalue weighted by Gasteiger charge is 2.17. The summed E-state index contributed by atoms with van der Waals surface area (Å²) in [6.45, 7) is 4.93. The van der Waals surface area contributed by atoms with Crippen molar-refractivity contribution in [1.29, 1.82) is 0 Å². The Bertz CT molecular complexity index is 470. The first kappa shape index (κ1) is 15.2. The van der Waals surface area contributed by atoms with E-state index >= 15 is 0 Å². The highest BCUT2D eigenvalue weighted by Crippen LogP contribution is 2.25. The largest absolute Gasteiger partial charge is 0.373 e. The molecule has 110 valence electrons. The van der Waals surface area contributed by atoms with E-state index in [2.05, 4.69) is 29.5 Å². The minimum Gasteiger partial charge on any atom is -0.373 e. The van der Waals surface area contributed by atoms with Crippen molar-refractivity contribution < 1.29 is 4.79 Å². The Labute approximate surface area is 125 Å². The third-order valence-corrected chi connectivity index (χ3v) is 4.87. The number of amides is 1. The lowest BCUT2D eigenvalue weighted by Gasteiger charge is -2.13. The zero-order valence-corrected chi connectivity index (χ0v) is 13.2. The molecule has 0 radical (unpaired) electrons. The van der Waals surface area contributed by atoms with Gasteiger partial charge in [0, 0.05) is 30.1 Å². The highest BCUT2D eigenvalue weighted by atomic mass is 32.2. The van der Waals surface area contributed by atoms with Crippen LogP contribution >= 0.6 is 11.8 Å². The Morgan fingerprint density at radius 3 is 2.90 bits per heavy atom. The van der Waals surface area contributed by atoms with E-state index in [1.54, 1.807) is 0 Å². The molecule has 0 spiro atoms. The molecule has 1 aromatic heterocycles. The van der Waals surface area contributed by atoms with Crippen LogP contribution in [0, 0.1) is 0 Å². The van der Waals surface area contributed by atoms with E-state index in [9.17, 15) is 4.79 Å². The number of nitrogens with zero attached hydrogens (tertiary/aromatic N) is 1. The fourth-order valence-electron chi connectivity index (χ4n) is 2.22. The van der Waals surface area contributed by atoms with Crippen molar-refractivity contribution in [3.05, 3.63) is 23.4 Å². The molecule has 1 aliphatic heterocycles. The maximum atomic E-state index is 12.3. The summed E-state index contributed by atoms with van der Waals surface area (Å²) >= 11 is 1.96. The summed E-state index contributed by atoms with van der Waals surface area (Å²) in [5.41, 5.74) is 1.63. The predicted molar refractivity (Wildman–Crippen MR) is 85.7 cm³/mol. The molecule has 2 N–H and O–H groups in total. The smallest absolute Gasteiger partial charge is 0.251 e. The maximum Gasteiger partial charge on any atom is 0.251 e. The summed E-state index contributed by atoms with van der Waals surface area (Å²) in [6.07, 6.45) is 2.47. The standard InChI is InChI=1S/C15H23N3OS/c1-10(2)13-7-11(8-14(16-3)18-13)15(19)17-9-12-5-4-6-20-12/h7-8,10,12H,4-6,9H2,1-3H3,(H,16,18)(H,17,19). The molecule has 0 bridgehead atoms. The summed E-state index contributed by atoms with van der Waals surface area (Å²) in [7, 11) is 1.82. The van der Waals surface area contributed by atoms with Gasteiger partial charge >= 0.3 is 0 Å². The number of hydrogen-bond donors (Lipinski definition) is 2. The molecule has 1 aliphatic rings. The van der Waals surface area contributed by atoms with Gasteiger partial charge in [-0.2, -0.15) is 11.8 Å². The molecule has 20 heavy (non-hydrogen) atoms. The Morgan fingerprint density at radius 1 is 1.50 bits per heavy atom. The fraction of sp³-hybridized carbons (Fsp3) is 0.600. The second kappa shape index (κ2) is 6.97. The predicted octanol–water partition coefficient (Wildman–Crippen LogP) is 2.87. The lowest BCUT2D eigenvalue weighted by atomic mass is 10.1. The Kier molecular flexibility index (Phi) is 5.29. The molecule has 0 aromatic carbocycles. The fourth-order valence-corrected chi connectivity index (χ4v) is 3.42. The zero-order valence-electron chi connectivity index (χ0n) is 12.4. The van der Waals surface area contributed by atoms with E-state index in [0.717, 1.165) is 18.1 Å². The minimum atomic E-state index is -0.00157. The van der Waals surface area contributed by atoms with Crippen LogP contribution < -0.4 is 10.6 Å². The van der Waals surface area contributed by atoms with E-state index in [4.69, 9.17) is 0 Å². The normalized spacial score (nSPS) is 18.3. The van der Waals surface area contributed by atoms with Gasteiger partial charge in [0.05, 0.1) is 0 Å². The van der Waals surface area contributed by atoms with E-state index in [0.29, 0.717) is 16.7 Å². The van der Waals surface area contributed by atoms with Crippen molar-refractivity contribution in [3.8, 4) is 0 Å². The Balaban J connectivity index is 2.05. The van der Waals surface area contributed by atoms with Gasteiger partial charge in [0.1, 0.15) is 5.82 Å². The van der Waals surface area contributed by atoms with Crippen LogP contribution in [-0.4, -0.2) is 35.5 Å². The third-order valence-electron chi connectivity index (χ3n) is 3.47. The molecule has 1 amide bonds. The van der Waals surface area contributed by atoms with Crippen LogP contribution in [0.3, 0.4) is 0 Å². The second-order valence-corrected chi connectivity index (χ2v) is 6.82. The molecule has 1 saturated heterocycles. The van der Waals surface area contributed by atoms with Gasteiger partial charge in [0.2, 0.25) is 0 Å². The molecule has 0 saturated carbocycles. The van der Waals surface area contributed by atoms with Gasteiger partial charge in [0.25, 0.3) is 5.91 Å². The van der Waals surface area contributed by atoms with Crippen LogP contribution in [0.5, 0.6) is 0 Å². The topological polar surface area (TPSA) is 54.0 Å². The lowest BCUT2D eigenvalue weighted by Crippen LogP contribution is -2.30. The first-order chi connectivity index (χ1) is 9.60. The molecule has 1 aromatic rings. The molecule has 1 unspecified atom stereocenters. The summed E-state index contributed by atoms with van der Waals surface area (Å²) in [6, 6.07) is 3.70. The number of nitrogens with one attached hydrogen (secondary N) is 2. The summed E-state index contributed by atoms with van der Waals surface area (Å²) in [5, 5.41) is 6.64. The average molecular weight is 293 g/mol. The molecule has 5 heteroatoms. The summed E-state index contributed by atoms with van der Waals surface area (Å²) in [5.74, 6) is 2.27. The molecular formula is C15H23N3OS. The van der Waals surface area contributed by atoms with E-state index in [1.807, 2.05) is 30.9 Å². The van der Waals surface area contributed by atoms with Crippen LogP contribution in [-0.2, 0) is 0 Å². The second-order valence-electron chi connectivity index (χ2n) is 5.42. The number of carbonyl (C=O) groups is 1. The SMILES string of the molecule is CNc1cc(C(=O)NCC2CCCS2)cc(C(C)C)n1. The van der Waals surface area contributed by atoms with Crippen LogP contribution in [0.15, 0.2) is 12.1 Å². The molecule has 1 atom stereocenters. The highest BCUT2D eigenvalue weighted by molar-refractivity contribution is 8.00. The molecule has 0 aliphatic carbocycles. The van der Waals surface area contributed by atoms with Crippen molar-refractivity contribution in [2.24, 2.45) is 0 Å².